The maximum Gasteiger partial charge on any atom is 0.0608 e. The Bertz CT molecular complexity index is 277. The molecule has 0 bridgehead atoms. The molecule has 1 nitrogen and oxygen atoms in total. The van der Waals surface area contributed by atoms with Crippen molar-refractivity contribution in [2.24, 2.45) is 5.92 Å². The lowest BCUT2D eigenvalue weighted by Crippen LogP contribution is -2.12. The minimum atomic E-state index is -0.124. The van der Waals surface area contributed by atoms with Crippen LogP contribution in [0.4, 0.5) is 0 Å². The Labute approximate surface area is 86.9 Å². The highest BCUT2D eigenvalue weighted by molar-refractivity contribution is 9.10. The van der Waals surface area contributed by atoms with Gasteiger partial charge in [0.1, 0.15) is 0 Å². The van der Waals surface area contributed by atoms with E-state index in [4.69, 9.17) is 0 Å². The molecule has 1 atom stereocenters. The van der Waals surface area contributed by atoms with Crippen molar-refractivity contribution in [3.8, 4) is 0 Å². The van der Waals surface area contributed by atoms with E-state index >= 15 is 0 Å². The average Bonchev–Trinajstić information content (AvgIpc) is 2.91. The van der Waals surface area contributed by atoms with E-state index in [1.54, 1.807) is 0 Å². The van der Waals surface area contributed by atoms with Crippen molar-refractivity contribution in [2.75, 3.05) is 0 Å². The van der Waals surface area contributed by atoms with Gasteiger partial charge in [-0.25, -0.2) is 0 Å². The van der Waals surface area contributed by atoms with Crippen LogP contribution in [0.3, 0.4) is 0 Å². The Morgan fingerprint density at radius 1 is 1.31 bits per heavy atom. The molecule has 1 aromatic rings. The van der Waals surface area contributed by atoms with Crippen molar-refractivity contribution >= 4 is 15.9 Å². The third-order valence-electron chi connectivity index (χ3n) is 2.52. The minimum absolute atomic E-state index is 0.124. The predicted octanol–water partition coefficient (Wildman–Crippen LogP) is 2.76. The third-order valence-corrected chi connectivity index (χ3v) is 3.05. The zero-order valence-corrected chi connectivity index (χ0v) is 9.00. The van der Waals surface area contributed by atoms with Gasteiger partial charge in [0.05, 0.1) is 6.10 Å². The van der Waals surface area contributed by atoms with Crippen LogP contribution in [-0.4, -0.2) is 11.2 Å². The van der Waals surface area contributed by atoms with Gasteiger partial charge in [0, 0.05) is 4.47 Å². The molecule has 70 valence electrons. The molecule has 0 unspecified atom stereocenters. The summed E-state index contributed by atoms with van der Waals surface area (Å²) >= 11 is 3.39. The second kappa shape index (κ2) is 3.81. The van der Waals surface area contributed by atoms with Crippen LogP contribution in [0.5, 0.6) is 0 Å². The minimum Gasteiger partial charge on any atom is -0.392 e. The van der Waals surface area contributed by atoms with Gasteiger partial charge in [-0.15, -0.1) is 0 Å². The van der Waals surface area contributed by atoms with Crippen LogP contribution < -0.4 is 0 Å². The van der Waals surface area contributed by atoms with E-state index in [1.807, 2.05) is 12.1 Å². The maximum absolute atomic E-state index is 9.70. The lowest BCUT2D eigenvalue weighted by Gasteiger charge is -2.08. The highest BCUT2D eigenvalue weighted by Crippen LogP contribution is 2.33. The second-order valence-corrected chi connectivity index (χ2v) is 4.65. The number of halogens is 1. The molecule has 1 aliphatic carbocycles. The van der Waals surface area contributed by atoms with E-state index in [2.05, 4.69) is 28.1 Å². The number of hydrogen-bond acceptors (Lipinski definition) is 1. The van der Waals surface area contributed by atoms with Gasteiger partial charge < -0.3 is 5.11 Å². The summed E-state index contributed by atoms with van der Waals surface area (Å²) in [4.78, 5) is 0. The third kappa shape index (κ3) is 2.55. The molecule has 0 heterocycles. The van der Waals surface area contributed by atoms with Crippen LogP contribution in [-0.2, 0) is 6.42 Å². The molecule has 2 heteroatoms. The zero-order chi connectivity index (χ0) is 9.26. The molecule has 0 amide bonds. The van der Waals surface area contributed by atoms with E-state index in [9.17, 15) is 5.11 Å². The van der Waals surface area contributed by atoms with Crippen molar-refractivity contribution in [1.82, 2.24) is 0 Å². The van der Waals surface area contributed by atoms with E-state index < -0.39 is 0 Å². The fourth-order valence-corrected chi connectivity index (χ4v) is 1.77. The smallest absolute Gasteiger partial charge is 0.0608 e. The number of aliphatic hydroxyl groups is 1. The lowest BCUT2D eigenvalue weighted by molar-refractivity contribution is 0.151. The molecular formula is C11H13BrO. The first-order valence-electron chi connectivity index (χ1n) is 4.68. The molecular weight excluding hydrogens is 228 g/mol. The first-order valence-corrected chi connectivity index (χ1v) is 5.47. The first-order chi connectivity index (χ1) is 6.25. The van der Waals surface area contributed by atoms with Crippen LogP contribution in [0.25, 0.3) is 0 Å². The second-order valence-electron chi connectivity index (χ2n) is 3.74. The molecule has 1 saturated carbocycles. The van der Waals surface area contributed by atoms with Gasteiger partial charge in [-0.1, -0.05) is 28.1 Å². The molecule has 2 rings (SSSR count). The van der Waals surface area contributed by atoms with Gasteiger partial charge >= 0.3 is 0 Å². The summed E-state index contributed by atoms with van der Waals surface area (Å²) < 4.78 is 1.09. The van der Waals surface area contributed by atoms with E-state index in [0.29, 0.717) is 5.92 Å². The average molecular weight is 241 g/mol. The van der Waals surface area contributed by atoms with Crippen LogP contribution in [0.1, 0.15) is 18.4 Å². The van der Waals surface area contributed by atoms with Gasteiger partial charge in [-0.2, -0.15) is 0 Å². The normalized spacial score (nSPS) is 18.6. The fourth-order valence-electron chi connectivity index (χ4n) is 1.51. The van der Waals surface area contributed by atoms with E-state index in [1.165, 1.54) is 18.4 Å². The standard InChI is InChI=1S/C11H13BrO/c12-10-5-1-8(2-6-10)7-11(13)9-3-4-9/h1-2,5-6,9,11,13H,3-4,7H2/t11-/m1/s1. The summed E-state index contributed by atoms with van der Waals surface area (Å²) in [7, 11) is 0. The lowest BCUT2D eigenvalue weighted by atomic mass is 10.1. The van der Waals surface area contributed by atoms with Crippen molar-refractivity contribution in [2.45, 2.75) is 25.4 Å². The molecule has 0 aromatic heterocycles. The maximum atomic E-state index is 9.70. The largest absolute Gasteiger partial charge is 0.392 e. The highest BCUT2D eigenvalue weighted by atomic mass is 79.9. The van der Waals surface area contributed by atoms with Crippen molar-refractivity contribution in [3.63, 3.8) is 0 Å². The van der Waals surface area contributed by atoms with Gasteiger partial charge in [-0.3, -0.25) is 0 Å². The summed E-state index contributed by atoms with van der Waals surface area (Å²) in [6.45, 7) is 0. The molecule has 0 aliphatic heterocycles. The SMILES string of the molecule is O[C@H](Cc1ccc(Br)cc1)C1CC1. The monoisotopic (exact) mass is 240 g/mol. The molecule has 0 saturated heterocycles. The number of benzene rings is 1. The highest BCUT2D eigenvalue weighted by Gasteiger charge is 2.29. The zero-order valence-electron chi connectivity index (χ0n) is 7.41. The first kappa shape index (κ1) is 9.22. The van der Waals surface area contributed by atoms with Crippen LogP contribution in [0.2, 0.25) is 0 Å². The summed E-state index contributed by atoms with van der Waals surface area (Å²) in [6.07, 6.45) is 3.09. The van der Waals surface area contributed by atoms with Gasteiger partial charge in [0.25, 0.3) is 0 Å². The number of rotatable bonds is 3. The molecule has 1 aliphatic rings. The Morgan fingerprint density at radius 3 is 2.46 bits per heavy atom. The Morgan fingerprint density at radius 2 is 1.92 bits per heavy atom. The summed E-state index contributed by atoms with van der Waals surface area (Å²) in [6, 6.07) is 8.18. The molecule has 0 radical (unpaired) electrons. The summed E-state index contributed by atoms with van der Waals surface area (Å²) in [5.74, 6) is 0.573. The van der Waals surface area contributed by atoms with Gasteiger partial charge in [-0.05, 0) is 42.9 Å². The van der Waals surface area contributed by atoms with Crippen molar-refractivity contribution < 1.29 is 5.11 Å². The quantitative estimate of drug-likeness (QED) is 0.862. The Balaban J connectivity index is 1.96. The Hall–Kier alpha value is -0.340. The van der Waals surface area contributed by atoms with Gasteiger partial charge in [0.2, 0.25) is 0 Å². The van der Waals surface area contributed by atoms with Crippen LogP contribution in [0.15, 0.2) is 28.7 Å². The Kier molecular flexibility index (Phi) is 2.70. The van der Waals surface area contributed by atoms with Crippen molar-refractivity contribution in [3.05, 3.63) is 34.3 Å². The molecule has 1 fully saturated rings. The van der Waals surface area contributed by atoms with Crippen LogP contribution >= 0.6 is 15.9 Å². The number of aliphatic hydroxyl groups excluding tert-OH is 1. The van der Waals surface area contributed by atoms with Gasteiger partial charge in [0.15, 0.2) is 0 Å². The molecule has 1 aromatic carbocycles. The van der Waals surface area contributed by atoms with E-state index in [0.717, 1.165) is 10.9 Å². The molecule has 13 heavy (non-hydrogen) atoms. The number of hydrogen-bond donors (Lipinski definition) is 1. The fraction of sp³-hybridized carbons (Fsp3) is 0.455. The van der Waals surface area contributed by atoms with Crippen molar-refractivity contribution in [1.29, 1.82) is 0 Å². The summed E-state index contributed by atoms with van der Waals surface area (Å²) in [5, 5.41) is 9.70. The summed E-state index contributed by atoms with van der Waals surface area (Å²) in [5.41, 5.74) is 1.22. The molecule has 1 N–H and O–H groups in total. The van der Waals surface area contributed by atoms with Crippen LogP contribution in [0, 0.1) is 5.92 Å². The van der Waals surface area contributed by atoms with E-state index in [-0.39, 0.29) is 6.10 Å². The predicted molar refractivity (Wildman–Crippen MR) is 56.6 cm³/mol. The topological polar surface area (TPSA) is 20.2 Å². The molecule has 0 spiro atoms.